The number of nitrogens with zero attached hydrogens (tertiary/aromatic N) is 2. The topological polar surface area (TPSA) is 58.4 Å². The van der Waals surface area contributed by atoms with Gasteiger partial charge in [-0.1, -0.05) is 0 Å². The van der Waals surface area contributed by atoms with Crippen LogP contribution in [0.2, 0.25) is 0 Å². The first-order chi connectivity index (χ1) is 5.24. The Labute approximate surface area is 64.1 Å². The van der Waals surface area contributed by atoms with Crippen molar-refractivity contribution in [2.75, 3.05) is 13.6 Å². The van der Waals surface area contributed by atoms with Crippen LogP contribution in [-0.4, -0.2) is 23.5 Å². The molecule has 5 heteroatoms. The first kappa shape index (κ1) is 7.74. The molecule has 1 N–H and O–H groups in total. The molecule has 1 heterocycles. The van der Waals surface area contributed by atoms with Crippen molar-refractivity contribution in [1.82, 2.24) is 10.4 Å². The molecule has 11 heavy (non-hydrogen) atoms. The fourth-order valence-corrected chi connectivity index (χ4v) is 0.810. The van der Waals surface area contributed by atoms with Gasteiger partial charge in [-0.05, 0) is 6.08 Å². The fourth-order valence-electron chi connectivity index (χ4n) is 0.810. The normalized spacial score (nSPS) is 16.5. The van der Waals surface area contributed by atoms with Crippen LogP contribution in [0.15, 0.2) is 24.0 Å². The molecule has 0 aromatic rings. The van der Waals surface area contributed by atoms with E-state index in [-0.39, 0.29) is 10.6 Å². The minimum absolute atomic E-state index is 0.196. The number of hydrogen-bond acceptors (Lipinski definition) is 4. The Morgan fingerprint density at radius 3 is 3.09 bits per heavy atom. The van der Waals surface area contributed by atoms with E-state index in [0.717, 1.165) is 0 Å². The summed E-state index contributed by atoms with van der Waals surface area (Å²) in [6.45, 7) is 0.306. The molecule has 1 aliphatic heterocycles. The highest BCUT2D eigenvalue weighted by Crippen LogP contribution is 2.04. The minimum Gasteiger partial charge on any atom is -0.305 e. The minimum atomic E-state index is -0.381. The maximum Gasteiger partial charge on any atom is 0.267 e. The molecule has 0 unspecified atom stereocenters. The van der Waals surface area contributed by atoms with Gasteiger partial charge in [-0.2, -0.15) is 0 Å². The maximum atomic E-state index is 10.3. The molecule has 5 nitrogen and oxygen atoms in total. The Bertz CT molecular complexity index is 222. The zero-order valence-electron chi connectivity index (χ0n) is 6.15. The summed E-state index contributed by atoms with van der Waals surface area (Å²) in [5.41, 5.74) is 2.99. The first-order valence-electron chi connectivity index (χ1n) is 3.20. The van der Waals surface area contributed by atoms with Crippen LogP contribution in [0.1, 0.15) is 0 Å². The fraction of sp³-hybridized carbons (Fsp3) is 0.333. The predicted molar refractivity (Wildman–Crippen MR) is 40.0 cm³/mol. The lowest BCUT2D eigenvalue weighted by Gasteiger charge is -2.18. The number of nitro groups is 1. The number of rotatable bonds is 2. The van der Waals surface area contributed by atoms with Crippen molar-refractivity contribution in [1.29, 1.82) is 0 Å². The first-order valence-corrected chi connectivity index (χ1v) is 3.20. The second-order valence-electron chi connectivity index (χ2n) is 2.11. The zero-order valence-corrected chi connectivity index (χ0v) is 6.15. The van der Waals surface area contributed by atoms with Crippen molar-refractivity contribution >= 4 is 0 Å². The van der Waals surface area contributed by atoms with Crippen LogP contribution in [0.3, 0.4) is 0 Å². The molecular formula is C6H9N3O2. The number of allylic oxidation sites excluding steroid dienone is 2. The summed E-state index contributed by atoms with van der Waals surface area (Å²) in [7, 11) is 1.72. The third-order valence-electron chi connectivity index (χ3n) is 1.41. The Morgan fingerprint density at radius 2 is 2.55 bits per heavy atom. The highest BCUT2D eigenvalue weighted by atomic mass is 16.6. The monoisotopic (exact) mass is 155 g/mol. The van der Waals surface area contributed by atoms with Gasteiger partial charge < -0.3 is 5.01 Å². The third kappa shape index (κ3) is 1.78. The Hall–Kier alpha value is -1.36. The van der Waals surface area contributed by atoms with Crippen LogP contribution in [0.5, 0.6) is 0 Å². The highest BCUT2D eigenvalue weighted by molar-refractivity contribution is 5.12. The molecule has 0 radical (unpaired) electrons. The van der Waals surface area contributed by atoms with Gasteiger partial charge in [0.25, 0.3) is 5.70 Å². The van der Waals surface area contributed by atoms with E-state index in [9.17, 15) is 10.1 Å². The van der Waals surface area contributed by atoms with Gasteiger partial charge in [0.15, 0.2) is 0 Å². The summed E-state index contributed by atoms with van der Waals surface area (Å²) in [4.78, 5) is 9.88. The lowest BCUT2D eigenvalue weighted by atomic mass is 10.3. The van der Waals surface area contributed by atoms with Gasteiger partial charge in [0, 0.05) is 19.3 Å². The van der Waals surface area contributed by atoms with E-state index >= 15 is 0 Å². The molecule has 0 aromatic carbocycles. The molecule has 0 fully saturated rings. The van der Waals surface area contributed by atoms with Crippen molar-refractivity contribution in [2.45, 2.75) is 0 Å². The molecule has 1 aliphatic rings. The van der Waals surface area contributed by atoms with Crippen molar-refractivity contribution in [3.63, 3.8) is 0 Å². The molecule has 0 amide bonds. The van der Waals surface area contributed by atoms with Crippen molar-refractivity contribution in [2.24, 2.45) is 0 Å². The van der Waals surface area contributed by atoms with E-state index in [1.54, 1.807) is 24.3 Å². The van der Waals surface area contributed by atoms with Crippen LogP contribution in [0, 0.1) is 10.1 Å². The Kier molecular flexibility index (Phi) is 2.22. The van der Waals surface area contributed by atoms with Crippen LogP contribution in [0.25, 0.3) is 0 Å². The highest BCUT2D eigenvalue weighted by Gasteiger charge is 2.14. The molecular weight excluding hydrogens is 146 g/mol. The van der Waals surface area contributed by atoms with Gasteiger partial charge in [0.05, 0.1) is 4.92 Å². The quantitative estimate of drug-likeness (QED) is 0.454. The summed E-state index contributed by atoms with van der Waals surface area (Å²) in [6, 6.07) is 0. The van der Waals surface area contributed by atoms with Crippen LogP contribution in [0.4, 0.5) is 0 Å². The van der Waals surface area contributed by atoms with E-state index < -0.39 is 0 Å². The van der Waals surface area contributed by atoms with Crippen LogP contribution < -0.4 is 5.43 Å². The summed E-state index contributed by atoms with van der Waals surface area (Å²) in [6.07, 6.45) is 4.87. The average Bonchev–Trinajstić information content (AvgIpc) is 2.05. The van der Waals surface area contributed by atoms with Crippen molar-refractivity contribution < 1.29 is 4.92 Å². The summed E-state index contributed by atoms with van der Waals surface area (Å²) < 4.78 is 0. The van der Waals surface area contributed by atoms with Gasteiger partial charge >= 0.3 is 0 Å². The number of nitrogens with one attached hydrogen (secondary N) is 1. The largest absolute Gasteiger partial charge is 0.305 e. The maximum absolute atomic E-state index is 10.3. The number of hydrogen-bond donors (Lipinski definition) is 1. The zero-order chi connectivity index (χ0) is 8.27. The molecule has 0 aromatic heterocycles. The van der Waals surface area contributed by atoms with Gasteiger partial charge in [0.2, 0.25) is 0 Å². The van der Waals surface area contributed by atoms with Crippen molar-refractivity contribution in [3.05, 3.63) is 34.2 Å². The van der Waals surface area contributed by atoms with E-state index in [4.69, 9.17) is 0 Å². The molecule has 0 atom stereocenters. The smallest absolute Gasteiger partial charge is 0.267 e. The molecule has 0 spiro atoms. The second-order valence-corrected chi connectivity index (χ2v) is 2.11. The third-order valence-corrected chi connectivity index (χ3v) is 1.41. The number of hydrazine groups is 1. The molecule has 0 saturated heterocycles. The van der Waals surface area contributed by atoms with Crippen LogP contribution >= 0.6 is 0 Å². The molecule has 0 aliphatic carbocycles. The van der Waals surface area contributed by atoms with Gasteiger partial charge in [-0.15, -0.1) is 0 Å². The molecule has 0 bridgehead atoms. The van der Waals surface area contributed by atoms with E-state index in [1.165, 1.54) is 6.08 Å². The molecule has 1 rings (SSSR count). The molecule has 60 valence electrons. The van der Waals surface area contributed by atoms with Gasteiger partial charge in [0.1, 0.15) is 6.54 Å². The SMILES string of the molecule is CNN1C=CC=C([N+](=O)[O-])C1. The van der Waals surface area contributed by atoms with Crippen molar-refractivity contribution in [3.8, 4) is 0 Å². The van der Waals surface area contributed by atoms with E-state index in [0.29, 0.717) is 6.54 Å². The molecule has 0 saturated carbocycles. The second kappa shape index (κ2) is 3.16. The standard InChI is InChI=1S/C6H9N3O2/c1-7-8-4-2-3-6(5-8)9(10)11/h2-4,7H,5H2,1H3. The van der Waals surface area contributed by atoms with E-state index in [1.807, 2.05) is 0 Å². The summed E-state index contributed by atoms with van der Waals surface area (Å²) in [5.74, 6) is 0. The Morgan fingerprint density at radius 1 is 1.82 bits per heavy atom. The predicted octanol–water partition coefficient (Wildman–Crippen LogP) is 0.111. The average molecular weight is 155 g/mol. The summed E-state index contributed by atoms with van der Waals surface area (Å²) in [5, 5.41) is 11.9. The summed E-state index contributed by atoms with van der Waals surface area (Å²) >= 11 is 0. The van der Waals surface area contributed by atoms with Gasteiger partial charge in [-0.25, -0.2) is 5.43 Å². The lowest BCUT2D eigenvalue weighted by Crippen LogP contribution is -2.34. The Balaban J connectivity index is 2.64. The lowest BCUT2D eigenvalue weighted by molar-refractivity contribution is -0.428. The van der Waals surface area contributed by atoms with E-state index in [2.05, 4.69) is 5.43 Å². The van der Waals surface area contributed by atoms with Gasteiger partial charge in [-0.3, -0.25) is 10.1 Å². The van der Waals surface area contributed by atoms with Crippen LogP contribution in [-0.2, 0) is 0 Å².